The lowest BCUT2D eigenvalue weighted by atomic mass is 9.84. The highest BCUT2D eigenvalue weighted by molar-refractivity contribution is 5.84. The number of carbonyl (C=O) groups excluding carboxylic acids is 1. The smallest absolute Gasteiger partial charge is 0.317 e. The molecule has 5 nitrogen and oxygen atoms in total. The van der Waals surface area contributed by atoms with Gasteiger partial charge < -0.3 is 10.4 Å². The van der Waals surface area contributed by atoms with E-state index in [1.807, 2.05) is 6.92 Å². The Hall–Kier alpha value is -1.95. The summed E-state index contributed by atoms with van der Waals surface area (Å²) in [6.45, 7) is 2.88. The number of halogens is 1. The van der Waals surface area contributed by atoms with Crippen LogP contribution in [0.25, 0.3) is 0 Å². The van der Waals surface area contributed by atoms with Crippen molar-refractivity contribution in [2.45, 2.75) is 57.0 Å². The highest BCUT2D eigenvalue weighted by atomic mass is 19.1. The van der Waals surface area contributed by atoms with Crippen LogP contribution >= 0.6 is 0 Å². The Balaban J connectivity index is 1.50. The van der Waals surface area contributed by atoms with E-state index < -0.39 is 5.97 Å². The second-order valence-electron chi connectivity index (χ2n) is 7.61. The number of hydrogen-bond acceptors (Lipinski definition) is 3. The third-order valence-corrected chi connectivity index (χ3v) is 5.50. The number of rotatable bonds is 9. The van der Waals surface area contributed by atoms with Crippen LogP contribution in [0.2, 0.25) is 0 Å². The van der Waals surface area contributed by atoms with E-state index in [9.17, 15) is 14.0 Å². The molecular weight excluding hydrogens is 335 g/mol. The highest BCUT2D eigenvalue weighted by Gasteiger charge is 2.38. The van der Waals surface area contributed by atoms with Crippen molar-refractivity contribution in [2.24, 2.45) is 5.92 Å². The molecule has 0 radical (unpaired) electrons. The van der Waals surface area contributed by atoms with Crippen LogP contribution < -0.4 is 5.32 Å². The van der Waals surface area contributed by atoms with E-state index >= 15 is 0 Å². The second kappa shape index (κ2) is 8.16. The summed E-state index contributed by atoms with van der Waals surface area (Å²) in [7, 11) is 0. The Bertz CT molecular complexity index is 639. The summed E-state index contributed by atoms with van der Waals surface area (Å²) < 4.78 is 13.1. The van der Waals surface area contributed by atoms with E-state index in [-0.39, 0.29) is 36.3 Å². The molecule has 2 saturated carbocycles. The average Bonchev–Trinajstić information content (AvgIpc) is 3.36. The molecule has 2 aliphatic rings. The molecule has 26 heavy (non-hydrogen) atoms. The highest BCUT2D eigenvalue weighted by Crippen LogP contribution is 2.34. The van der Waals surface area contributed by atoms with Crippen molar-refractivity contribution < 1.29 is 19.1 Å². The molecule has 0 aromatic heterocycles. The van der Waals surface area contributed by atoms with Gasteiger partial charge >= 0.3 is 5.97 Å². The summed E-state index contributed by atoms with van der Waals surface area (Å²) in [6, 6.07) is 6.42. The van der Waals surface area contributed by atoms with Gasteiger partial charge in [0.25, 0.3) is 0 Å². The number of amides is 1. The Kier molecular flexibility index (Phi) is 5.91. The minimum absolute atomic E-state index is 0.0328. The fraction of sp³-hybridized carbons (Fsp3) is 0.600. The van der Waals surface area contributed by atoms with Crippen LogP contribution in [0.1, 0.15) is 50.5 Å². The first-order valence-electron chi connectivity index (χ1n) is 9.48. The van der Waals surface area contributed by atoms with Crippen molar-refractivity contribution in [1.29, 1.82) is 0 Å². The number of nitrogens with zero attached hydrogens (tertiary/aromatic N) is 1. The summed E-state index contributed by atoms with van der Waals surface area (Å²) in [5, 5.41) is 12.2. The normalized spacial score (nSPS) is 23.3. The van der Waals surface area contributed by atoms with Crippen molar-refractivity contribution >= 4 is 11.9 Å². The number of carboxylic acid groups (broad SMARTS) is 1. The molecule has 1 atom stereocenters. The van der Waals surface area contributed by atoms with Gasteiger partial charge in [0.2, 0.25) is 5.91 Å². The first-order valence-corrected chi connectivity index (χ1v) is 9.48. The molecule has 0 bridgehead atoms. The van der Waals surface area contributed by atoms with Gasteiger partial charge in [-0.25, -0.2) is 4.39 Å². The number of carbonyl (C=O) groups is 2. The number of hydrogen-bond donors (Lipinski definition) is 2. The fourth-order valence-corrected chi connectivity index (χ4v) is 3.72. The molecule has 0 spiro atoms. The minimum atomic E-state index is -0.791. The van der Waals surface area contributed by atoms with Crippen molar-refractivity contribution in [1.82, 2.24) is 10.2 Å². The topological polar surface area (TPSA) is 69.6 Å². The molecule has 3 rings (SSSR count). The van der Waals surface area contributed by atoms with E-state index in [0.29, 0.717) is 12.3 Å². The Morgan fingerprint density at radius 2 is 1.92 bits per heavy atom. The SMILES string of the molecule is CCC(C(=O)NC1CC(N(CC(=O)O)CC2CC2)C1)c1ccc(F)cc1. The van der Waals surface area contributed by atoms with Gasteiger partial charge in [-0.1, -0.05) is 19.1 Å². The average molecular weight is 362 g/mol. The number of aliphatic carboxylic acids is 1. The minimum Gasteiger partial charge on any atom is -0.480 e. The van der Waals surface area contributed by atoms with Crippen molar-refractivity contribution in [3.05, 3.63) is 35.6 Å². The molecule has 0 saturated heterocycles. The van der Waals surface area contributed by atoms with Crippen molar-refractivity contribution in [2.75, 3.05) is 13.1 Å². The van der Waals surface area contributed by atoms with Gasteiger partial charge in [0, 0.05) is 18.6 Å². The summed E-state index contributed by atoms with van der Waals surface area (Å²) in [6.07, 6.45) is 4.63. The molecular formula is C20H27FN2O3. The van der Waals surface area contributed by atoms with E-state index in [1.165, 1.54) is 25.0 Å². The van der Waals surface area contributed by atoms with Gasteiger partial charge in [0.05, 0.1) is 12.5 Å². The Morgan fingerprint density at radius 3 is 2.46 bits per heavy atom. The Labute approximate surface area is 153 Å². The van der Waals surface area contributed by atoms with Crippen LogP contribution in [-0.4, -0.2) is 47.1 Å². The van der Waals surface area contributed by atoms with E-state index in [0.717, 1.165) is 24.9 Å². The first-order chi connectivity index (χ1) is 12.5. The lowest BCUT2D eigenvalue weighted by molar-refractivity contribution is -0.140. The number of benzene rings is 1. The van der Waals surface area contributed by atoms with Crippen molar-refractivity contribution in [3.8, 4) is 0 Å². The Morgan fingerprint density at radius 1 is 1.27 bits per heavy atom. The molecule has 1 aromatic carbocycles. The van der Waals surface area contributed by atoms with Gasteiger partial charge in [0.15, 0.2) is 0 Å². The zero-order valence-electron chi connectivity index (χ0n) is 15.2. The van der Waals surface area contributed by atoms with Gasteiger partial charge in [-0.15, -0.1) is 0 Å². The third-order valence-electron chi connectivity index (χ3n) is 5.50. The molecule has 142 valence electrons. The van der Waals surface area contributed by atoms with Crippen LogP contribution in [0.15, 0.2) is 24.3 Å². The number of carboxylic acids is 1. The molecule has 1 aromatic rings. The lowest BCUT2D eigenvalue weighted by Gasteiger charge is -2.43. The predicted octanol–water partition coefficient (Wildman–Crippen LogP) is 2.76. The molecule has 0 heterocycles. The van der Waals surface area contributed by atoms with Crippen molar-refractivity contribution in [3.63, 3.8) is 0 Å². The van der Waals surface area contributed by atoms with Crippen LogP contribution in [-0.2, 0) is 9.59 Å². The third kappa shape index (κ3) is 4.81. The molecule has 6 heteroatoms. The fourth-order valence-electron chi connectivity index (χ4n) is 3.72. The zero-order valence-corrected chi connectivity index (χ0v) is 15.2. The summed E-state index contributed by atoms with van der Waals surface area (Å²) in [4.78, 5) is 25.7. The monoisotopic (exact) mass is 362 g/mol. The molecule has 2 fully saturated rings. The van der Waals surface area contributed by atoms with E-state index in [4.69, 9.17) is 5.11 Å². The summed E-state index contributed by atoms with van der Waals surface area (Å²) >= 11 is 0. The summed E-state index contributed by atoms with van der Waals surface area (Å²) in [5.41, 5.74) is 0.823. The molecule has 2 N–H and O–H groups in total. The first kappa shape index (κ1) is 18.8. The van der Waals surface area contributed by atoms with E-state index in [2.05, 4.69) is 10.2 Å². The predicted molar refractivity (Wildman–Crippen MR) is 96.3 cm³/mol. The maximum Gasteiger partial charge on any atom is 0.317 e. The second-order valence-corrected chi connectivity index (χ2v) is 7.61. The van der Waals surface area contributed by atoms with Gasteiger partial charge in [-0.05, 0) is 55.7 Å². The zero-order chi connectivity index (χ0) is 18.7. The molecule has 2 aliphatic carbocycles. The quantitative estimate of drug-likeness (QED) is 0.709. The van der Waals surface area contributed by atoms with Crippen LogP contribution in [0.5, 0.6) is 0 Å². The number of nitrogens with one attached hydrogen (secondary N) is 1. The molecule has 1 amide bonds. The van der Waals surface area contributed by atoms with Crippen LogP contribution in [0.3, 0.4) is 0 Å². The maximum absolute atomic E-state index is 13.1. The van der Waals surface area contributed by atoms with Crippen LogP contribution in [0.4, 0.5) is 4.39 Å². The van der Waals surface area contributed by atoms with Gasteiger partial charge in [-0.2, -0.15) is 0 Å². The summed E-state index contributed by atoms with van der Waals surface area (Å²) in [5.74, 6) is -0.766. The van der Waals surface area contributed by atoms with E-state index in [1.54, 1.807) is 12.1 Å². The largest absolute Gasteiger partial charge is 0.480 e. The molecule has 1 unspecified atom stereocenters. The molecule has 0 aliphatic heterocycles. The van der Waals surface area contributed by atoms with Crippen LogP contribution in [0, 0.1) is 11.7 Å². The van der Waals surface area contributed by atoms with Gasteiger partial charge in [-0.3, -0.25) is 14.5 Å². The maximum atomic E-state index is 13.1. The van der Waals surface area contributed by atoms with Gasteiger partial charge in [0.1, 0.15) is 5.82 Å². The standard InChI is InChI=1S/C20H27FN2O3/c1-2-18(14-5-7-15(21)8-6-14)20(26)22-16-9-17(10-16)23(12-19(24)25)11-13-3-4-13/h5-8,13,16-18H,2-4,9-12H2,1H3,(H,22,26)(H,24,25). The lowest BCUT2D eigenvalue weighted by Crippen LogP contribution is -2.55.